The van der Waals surface area contributed by atoms with Crippen LogP contribution in [0.4, 0.5) is 5.69 Å². The summed E-state index contributed by atoms with van der Waals surface area (Å²) in [5.74, 6) is -0.867. The quantitative estimate of drug-likeness (QED) is 0.291. The summed E-state index contributed by atoms with van der Waals surface area (Å²) in [6.45, 7) is 5.35. The molecule has 0 aliphatic carbocycles. The maximum atomic E-state index is 14.1. The van der Waals surface area contributed by atoms with Crippen LogP contribution in [0.5, 0.6) is 0 Å². The van der Waals surface area contributed by atoms with Gasteiger partial charge in [0.1, 0.15) is 12.6 Å². The Morgan fingerprint density at radius 1 is 0.950 bits per heavy atom. The molecule has 40 heavy (non-hydrogen) atoms. The Bertz CT molecular complexity index is 1430. The minimum absolute atomic E-state index is 0.0872. The Hall–Kier alpha value is -3.07. The van der Waals surface area contributed by atoms with E-state index >= 15 is 0 Å². The summed E-state index contributed by atoms with van der Waals surface area (Å²) in [4.78, 5) is 29.3. The fraction of sp³-hybridized carbons (Fsp3) is 0.333. The van der Waals surface area contributed by atoms with Crippen molar-refractivity contribution in [2.45, 2.75) is 52.2 Å². The van der Waals surface area contributed by atoms with Crippen molar-refractivity contribution in [3.63, 3.8) is 0 Å². The molecule has 2 atom stereocenters. The summed E-state index contributed by atoms with van der Waals surface area (Å²) in [6, 6.07) is 20.5. The van der Waals surface area contributed by atoms with Gasteiger partial charge < -0.3 is 10.2 Å². The number of anilines is 1. The highest BCUT2D eigenvalue weighted by molar-refractivity contribution is 7.92. The fourth-order valence-corrected chi connectivity index (χ4v) is 5.56. The van der Waals surface area contributed by atoms with Crippen LogP contribution < -0.4 is 9.62 Å². The van der Waals surface area contributed by atoms with Crippen molar-refractivity contribution >= 4 is 50.7 Å². The second-order valence-corrected chi connectivity index (χ2v) is 12.6. The number of amides is 2. The number of nitrogens with one attached hydrogen (secondary N) is 1. The molecule has 1 N–H and O–H groups in total. The van der Waals surface area contributed by atoms with Crippen LogP contribution in [0.15, 0.2) is 72.8 Å². The lowest BCUT2D eigenvalue weighted by Gasteiger charge is -2.34. The van der Waals surface area contributed by atoms with Crippen molar-refractivity contribution in [3.8, 4) is 0 Å². The Morgan fingerprint density at radius 3 is 2.25 bits per heavy atom. The van der Waals surface area contributed by atoms with E-state index in [9.17, 15) is 18.0 Å². The van der Waals surface area contributed by atoms with Crippen LogP contribution in [0.2, 0.25) is 10.0 Å². The summed E-state index contributed by atoms with van der Waals surface area (Å²) in [6.07, 6.45) is 1.96. The van der Waals surface area contributed by atoms with E-state index < -0.39 is 28.5 Å². The number of hydrogen-bond donors (Lipinski definition) is 1. The predicted molar refractivity (Wildman–Crippen MR) is 162 cm³/mol. The van der Waals surface area contributed by atoms with Crippen LogP contribution in [-0.4, -0.2) is 50.0 Å². The van der Waals surface area contributed by atoms with Gasteiger partial charge in [-0.05, 0) is 49.6 Å². The number of benzene rings is 3. The smallest absolute Gasteiger partial charge is 0.244 e. The summed E-state index contributed by atoms with van der Waals surface area (Å²) >= 11 is 12.5. The lowest BCUT2D eigenvalue weighted by molar-refractivity contribution is -0.140. The van der Waals surface area contributed by atoms with Crippen LogP contribution in [-0.2, 0) is 32.6 Å². The monoisotopic (exact) mass is 603 g/mol. The molecule has 0 radical (unpaired) electrons. The zero-order chi connectivity index (χ0) is 29.4. The third-order valence-corrected chi connectivity index (χ3v) is 8.24. The van der Waals surface area contributed by atoms with E-state index in [0.717, 1.165) is 27.3 Å². The Morgan fingerprint density at radius 2 is 1.62 bits per heavy atom. The van der Waals surface area contributed by atoms with Crippen molar-refractivity contribution in [2.75, 3.05) is 17.1 Å². The molecule has 3 rings (SSSR count). The second kappa shape index (κ2) is 14.0. The number of carbonyl (C=O) groups is 2. The van der Waals surface area contributed by atoms with Gasteiger partial charge in [-0.15, -0.1) is 0 Å². The zero-order valence-corrected chi connectivity index (χ0v) is 25.4. The standard InChI is InChI=1S/C30H35Cl2N3O4S/c1-5-22(3)33-30(37)28(17-23-11-7-6-8-12-23)34(19-24-13-9-10-21(2)16-24)29(36)20-35(40(4,38)39)27-18-25(31)14-15-26(27)32/h6-16,18,22,28H,5,17,19-20H2,1-4H3,(H,33,37)/t22-,28+/m1/s1. The predicted octanol–water partition coefficient (Wildman–Crippen LogP) is 5.62. The van der Waals surface area contributed by atoms with Crippen LogP contribution in [0.3, 0.4) is 0 Å². The molecule has 0 aliphatic heterocycles. The van der Waals surface area contributed by atoms with Crippen molar-refractivity contribution < 1.29 is 18.0 Å². The number of carbonyl (C=O) groups excluding carboxylic acids is 2. The maximum absolute atomic E-state index is 14.1. The van der Waals surface area contributed by atoms with E-state index in [-0.39, 0.29) is 40.6 Å². The summed E-state index contributed by atoms with van der Waals surface area (Å²) in [5, 5.41) is 3.41. The molecule has 3 aromatic carbocycles. The maximum Gasteiger partial charge on any atom is 0.244 e. The Balaban J connectivity index is 2.09. The van der Waals surface area contributed by atoms with Gasteiger partial charge in [0, 0.05) is 24.0 Å². The number of aryl methyl sites for hydroxylation is 1. The fourth-order valence-electron chi connectivity index (χ4n) is 4.27. The summed E-state index contributed by atoms with van der Waals surface area (Å²) < 4.78 is 26.7. The Kier molecular flexibility index (Phi) is 11.0. The number of sulfonamides is 1. The molecular weight excluding hydrogens is 569 g/mol. The van der Waals surface area contributed by atoms with Gasteiger partial charge in [-0.25, -0.2) is 8.42 Å². The number of rotatable bonds is 12. The SMILES string of the molecule is CC[C@@H](C)NC(=O)[C@H](Cc1ccccc1)N(Cc1cccc(C)c1)C(=O)CN(c1cc(Cl)ccc1Cl)S(C)(=O)=O. The minimum Gasteiger partial charge on any atom is -0.352 e. The summed E-state index contributed by atoms with van der Waals surface area (Å²) in [5.41, 5.74) is 2.77. The normalized spacial score (nSPS) is 12.8. The first-order valence-electron chi connectivity index (χ1n) is 13.0. The zero-order valence-electron chi connectivity index (χ0n) is 23.1. The van der Waals surface area contributed by atoms with E-state index in [2.05, 4.69) is 5.32 Å². The molecule has 214 valence electrons. The van der Waals surface area contributed by atoms with Crippen molar-refractivity contribution in [3.05, 3.63) is 99.5 Å². The molecule has 0 aliphatic rings. The average molecular weight is 605 g/mol. The third-order valence-electron chi connectivity index (χ3n) is 6.56. The van der Waals surface area contributed by atoms with Crippen molar-refractivity contribution in [2.24, 2.45) is 0 Å². The van der Waals surface area contributed by atoms with E-state index in [1.165, 1.54) is 23.1 Å². The molecule has 3 aromatic rings. The average Bonchev–Trinajstić information content (AvgIpc) is 2.90. The van der Waals surface area contributed by atoms with Crippen LogP contribution in [0, 0.1) is 6.92 Å². The van der Waals surface area contributed by atoms with E-state index in [1.807, 2.05) is 75.4 Å². The molecule has 0 bridgehead atoms. The first-order chi connectivity index (χ1) is 18.9. The molecule has 0 unspecified atom stereocenters. The molecule has 0 aromatic heterocycles. The Labute approximate surface area is 247 Å². The number of halogens is 2. The molecule has 0 saturated heterocycles. The molecule has 0 spiro atoms. The van der Waals surface area contributed by atoms with Gasteiger partial charge in [0.05, 0.1) is 17.0 Å². The molecular formula is C30H35Cl2N3O4S. The number of hydrogen-bond acceptors (Lipinski definition) is 4. The van der Waals surface area contributed by atoms with E-state index in [1.54, 1.807) is 0 Å². The largest absolute Gasteiger partial charge is 0.352 e. The van der Waals surface area contributed by atoms with Crippen LogP contribution >= 0.6 is 23.2 Å². The van der Waals surface area contributed by atoms with Crippen LogP contribution in [0.1, 0.15) is 37.0 Å². The molecule has 10 heteroatoms. The first-order valence-corrected chi connectivity index (χ1v) is 15.6. The molecule has 7 nitrogen and oxygen atoms in total. The molecule has 0 saturated carbocycles. The van der Waals surface area contributed by atoms with Gasteiger partial charge in [-0.1, -0.05) is 90.3 Å². The van der Waals surface area contributed by atoms with Gasteiger partial charge in [-0.2, -0.15) is 0 Å². The van der Waals surface area contributed by atoms with E-state index in [0.29, 0.717) is 6.42 Å². The highest BCUT2D eigenvalue weighted by atomic mass is 35.5. The number of nitrogens with zero attached hydrogens (tertiary/aromatic N) is 2. The van der Waals surface area contributed by atoms with Crippen LogP contribution in [0.25, 0.3) is 0 Å². The van der Waals surface area contributed by atoms with Gasteiger partial charge >= 0.3 is 0 Å². The van der Waals surface area contributed by atoms with Crippen molar-refractivity contribution in [1.29, 1.82) is 0 Å². The van der Waals surface area contributed by atoms with Gasteiger partial charge in [0.25, 0.3) is 0 Å². The van der Waals surface area contributed by atoms with E-state index in [4.69, 9.17) is 23.2 Å². The highest BCUT2D eigenvalue weighted by Crippen LogP contribution is 2.31. The third kappa shape index (κ3) is 8.71. The lowest BCUT2D eigenvalue weighted by Crippen LogP contribution is -2.54. The van der Waals surface area contributed by atoms with Gasteiger partial charge in [0.15, 0.2) is 0 Å². The minimum atomic E-state index is -3.95. The second-order valence-electron chi connectivity index (χ2n) is 9.90. The molecule has 0 fully saturated rings. The highest BCUT2D eigenvalue weighted by Gasteiger charge is 2.34. The van der Waals surface area contributed by atoms with Gasteiger partial charge in [0.2, 0.25) is 21.8 Å². The summed E-state index contributed by atoms with van der Waals surface area (Å²) in [7, 11) is -3.95. The first kappa shape index (κ1) is 31.5. The molecule has 2 amide bonds. The van der Waals surface area contributed by atoms with Crippen molar-refractivity contribution in [1.82, 2.24) is 10.2 Å². The lowest BCUT2D eigenvalue weighted by atomic mass is 10.0. The van der Waals surface area contributed by atoms with Gasteiger partial charge in [-0.3, -0.25) is 13.9 Å². The topological polar surface area (TPSA) is 86.8 Å². The molecule has 0 heterocycles.